The standard InChI is InChI=1S/C15H18N4O3/c1-3-4-11-12(13(14(16)21)19(2)18-11)17-15(22)9-5-7-10(20)8-6-9/h5-8,20H,3-4H2,1-2H3,(H2,16,21)(H,17,22). The Kier molecular flexibility index (Phi) is 4.45. The summed E-state index contributed by atoms with van der Waals surface area (Å²) in [5.41, 5.74) is 6.86. The Balaban J connectivity index is 2.36. The summed E-state index contributed by atoms with van der Waals surface area (Å²) >= 11 is 0. The van der Waals surface area contributed by atoms with E-state index in [1.165, 1.54) is 28.9 Å². The van der Waals surface area contributed by atoms with Gasteiger partial charge in [0.05, 0.1) is 11.4 Å². The van der Waals surface area contributed by atoms with Crippen LogP contribution in [-0.4, -0.2) is 26.7 Å². The molecule has 116 valence electrons. The van der Waals surface area contributed by atoms with E-state index < -0.39 is 11.8 Å². The second-order valence-corrected chi connectivity index (χ2v) is 4.91. The van der Waals surface area contributed by atoms with E-state index in [0.29, 0.717) is 23.4 Å². The number of rotatable bonds is 5. The van der Waals surface area contributed by atoms with Crippen molar-refractivity contribution in [1.29, 1.82) is 0 Å². The van der Waals surface area contributed by atoms with Gasteiger partial charge in [-0.05, 0) is 30.7 Å². The van der Waals surface area contributed by atoms with Crippen molar-refractivity contribution in [2.45, 2.75) is 19.8 Å². The molecule has 0 unspecified atom stereocenters. The zero-order valence-electron chi connectivity index (χ0n) is 12.5. The molecule has 0 aliphatic rings. The highest BCUT2D eigenvalue weighted by atomic mass is 16.3. The van der Waals surface area contributed by atoms with Gasteiger partial charge in [-0.1, -0.05) is 13.3 Å². The van der Waals surface area contributed by atoms with E-state index in [1.54, 1.807) is 7.05 Å². The molecule has 0 fully saturated rings. The molecule has 0 aliphatic carbocycles. The fourth-order valence-corrected chi connectivity index (χ4v) is 2.20. The maximum absolute atomic E-state index is 12.3. The van der Waals surface area contributed by atoms with E-state index in [1.807, 2.05) is 6.92 Å². The number of carbonyl (C=O) groups is 2. The topological polar surface area (TPSA) is 110 Å². The molecule has 2 rings (SSSR count). The lowest BCUT2D eigenvalue weighted by Gasteiger charge is -2.07. The van der Waals surface area contributed by atoms with Crippen LogP contribution in [0.5, 0.6) is 5.75 Å². The molecule has 2 aromatic rings. The van der Waals surface area contributed by atoms with Crippen LogP contribution in [0.4, 0.5) is 5.69 Å². The van der Waals surface area contributed by atoms with Crippen LogP contribution in [0.15, 0.2) is 24.3 Å². The number of benzene rings is 1. The van der Waals surface area contributed by atoms with Gasteiger partial charge in [-0.2, -0.15) is 5.10 Å². The molecule has 4 N–H and O–H groups in total. The number of phenolic OH excluding ortho intramolecular Hbond substituents is 1. The maximum Gasteiger partial charge on any atom is 0.269 e. The highest BCUT2D eigenvalue weighted by molar-refractivity contribution is 6.08. The molecule has 0 radical (unpaired) electrons. The predicted molar refractivity (Wildman–Crippen MR) is 81.8 cm³/mol. The molecule has 0 bridgehead atoms. The number of nitrogens with one attached hydrogen (secondary N) is 1. The average molecular weight is 302 g/mol. The maximum atomic E-state index is 12.3. The number of phenols is 1. The van der Waals surface area contributed by atoms with Crippen molar-refractivity contribution in [1.82, 2.24) is 9.78 Å². The fraction of sp³-hybridized carbons (Fsp3) is 0.267. The molecule has 1 aromatic heterocycles. The Morgan fingerprint density at radius 1 is 1.32 bits per heavy atom. The molecule has 22 heavy (non-hydrogen) atoms. The Hall–Kier alpha value is -2.83. The van der Waals surface area contributed by atoms with Crippen LogP contribution in [-0.2, 0) is 13.5 Å². The van der Waals surface area contributed by atoms with E-state index in [-0.39, 0.29) is 11.4 Å². The summed E-state index contributed by atoms with van der Waals surface area (Å²) in [6.07, 6.45) is 1.43. The lowest BCUT2D eigenvalue weighted by molar-refractivity contribution is 0.0992. The molecule has 7 heteroatoms. The van der Waals surface area contributed by atoms with Crippen molar-refractivity contribution >= 4 is 17.5 Å². The van der Waals surface area contributed by atoms with Crippen LogP contribution in [0.2, 0.25) is 0 Å². The summed E-state index contributed by atoms with van der Waals surface area (Å²) in [5.74, 6) is -0.978. The monoisotopic (exact) mass is 302 g/mol. The Labute approximate surface area is 127 Å². The Morgan fingerprint density at radius 3 is 2.50 bits per heavy atom. The molecule has 1 heterocycles. The second kappa shape index (κ2) is 6.30. The minimum atomic E-state index is -0.654. The quantitative estimate of drug-likeness (QED) is 0.776. The number of aromatic nitrogens is 2. The van der Waals surface area contributed by atoms with Gasteiger partial charge in [-0.15, -0.1) is 0 Å². The van der Waals surface area contributed by atoms with Gasteiger partial charge >= 0.3 is 0 Å². The minimum Gasteiger partial charge on any atom is -0.508 e. The van der Waals surface area contributed by atoms with Gasteiger partial charge in [-0.25, -0.2) is 0 Å². The molecule has 2 amide bonds. The highest BCUT2D eigenvalue weighted by Gasteiger charge is 2.22. The summed E-state index contributed by atoms with van der Waals surface area (Å²) in [4.78, 5) is 23.9. The highest BCUT2D eigenvalue weighted by Crippen LogP contribution is 2.22. The van der Waals surface area contributed by atoms with Crippen molar-refractivity contribution in [3.63, 3.8) is 0 Å². The van der Waals surface area contributed by atoms with Crippen molar-refractivity contribution in [3.05, 3.63) is 41.2 Å². The third-order valence-corrected chi connectivity index (χ3v) is 3.21. The molecule has 0 saturated heterocycles. The van der Waals surface area contributed by atoms with Gasteiger partial charge in [0.15, 0.2) is 0 Å². The zero-order chi connectivity index (χ0) is 16.3. The molecule has 0 aliphatic heterocycles. The lowest BCUT2D eigenvalue weighted by Crippen LogP contribution is -2.20. The van der Waals surface area contributed by atoms with Crippen LogP contribution in [0.1, 0.15) is 39.9 Å². The number of carbonyl (C=O) groups excluding carboxylic acids is 2. The first-order valence-electron chi connectivity index (χ1n) is 6.90. The van der Waals surface area contributed by atoms with Gasteiger partial charge in [0.25, 0.3) is 11.8 Å². The van der Waals surface area contributed by atoms with Gasteiger partial charge in [0, 0.05) is 12.6 Å². The third kappa shape index (κ3) is 3.08. The first-order chi connectivity index (χ1) is 10.4. The zero-order valence-corrected chi connectivity index (χ0v) is 12.5. The SMILES string of the molecule is CCCc1nn(C)c(C(N)=O)c1NC(=O)c1ccc(O)cc1. The number of hydrogen-bond donors (Lipinski definition) is 3. The molecule has 0 atom stereocenters. The Morgan fingerprint density at radius 2 is 1.95 bits per heavy atom. The first-order valence-corrected chi connectivity index (χ1v) is 6.90. The van der Waals surface area contributed by atoms with Gasteiger partial charge in [0.1, 0.15) is 11.4 Å². The number of primary amides is 1. The van der Waals surface area contributed by atoms with E-state index in [0.717, 1.165) is 6.42 Å². The molecular weight excluding hydrogens is 284 g/mol. The average Bonchev–Trinajstić information content (AvgIpc) is 2.76. The summed E-state index contributed by atoms with van der Waals surface area (Å²) in [7, 11) is 1.61. The number of amides is 2. The Bertz CT molecular complexity index is 704. The molecule has 0 saturated carbocycles. The van der Waals surface area contributed by atoms with Crippen molar-refractivity contribution in [2.75, 3.05) is 5.32 Å². The third-order valence-electron chi connectivity index (χ3n) is 3.21. The van der Waals surface area contributed by atoms with Crippen molar-refractivity contribution < 1.29 is 14.7 Å². The van der Waals surface area contributed by atoms with Crippen LogP contribution in [0.3, 0.4) is 0 Å². The second-order valence-electron chi connectivity index (χ2n) is 4.91. The number of aromatic hydroxyl groups is 1. The normalized spacial score (nSPS) is 10.5. The van der Waals surface area contributed by atoms with Crippen LogP contribution in [0.25, 0.3) is 0 Å². The molecule has 1 aromatic carbocycles. The van der Waals surface area contributed by atoms with Crippen LogP contribution >= 0.6 is 0 Å². The largest absolute Gasteiger partial charge is 0.508 e. The first kappa shape index (κ1) is 15.6. The van der Waals surface area contributed by atoms with E-state index in [9.17, 15) is 14.7 Å². The van der Waals surface area contributed by atoms with E-state index >= 15 is 0 Å². The number of nitrogens with zero attached hydrogens (tertiary/aromatic N) is 2. The van der Waals surface area contributed by atoms with Crippen LogP contribution < -0.4 is 11.1 Å². The van der Waals surface area contributed by atoms with E-state index in [2.05, 4.69) is 10.4 Å². The predicted octanol–water partition coefficient (Wildman–Crippen LogP) is 1.43. The fourth-order valence-electron chi connectivity index (χ4n) is 2.20. The van der Waals surface area contributed by atoms with Crippen LogP contribution in [0, 0.1) is 0 Å². The summed E-state index contributed by atoms with van der Waals surface area (Å²) < 4.78 is 1.37. The lowest BCUT2D eigenvalue weighted by atomic mass is 10.1. The number of nitrogens with two attached hydrogens (primary N) is 1. The van der Waals surface area contributed by atoms with Gasteiger partial charge in [0.2, 0.25) is 0 Å². The number of anilines is 1. The molecule has 0 spiro atoms. The minimum absolute atomic E-state index is 0.0717. The smallest absolute Gasteiger partial charge is 0.269 e. The van der Waals surface area contributed by atoms with Crippen molar-refractivity contribution in [3.8, 4) is 5.75 Å². The van der Waals surface area contributed by atoms with Gasteiger partial charge < -0.3 is 16.2 Å². The van der Waals surface area contributed by atoms with Gasteiger partial charge in [-0.3, -0.25) is 14.3 Å². The number of hydrogen-bond acceptors (Lipinski definition) is 4. The summed E-state index contributed by atoms with van der Waals surface area (Å²) in [5, 5.41) is 16.2. The molecule has 7 nitrogen and oxygen atoms in total. The number of aryl methyl sites for hydroxylation is 2. The van der Waals surface area contributed by atoms with E-state index in [4.69, 9.17) is 5.73 Å². The molecular formula is C15H18N4O3. The summed E-state index contributed by atoms with van der Waals surface area (Å²) in [6, 6.07) is 5.81. The van der Waals surface area contributed by atoms with Crippen molar-refractivity contribution in [2.24, 2.45) is 12.8 Å². The summed E-state index contributed by atoms with van der Waals surface area (Å²) in [6.45, 7) is 1.98.